The van der Waals surface area contributed by atoms with Gasteiger partial charge in [-0.25, -0.2) is 0 Å². The lowest BCUT2D eigenvalue weighted by Crippen LogP contribution is -2.39. The molecule has 0 aliphatic rings. The molecular weight excluding hydrogens is 534 g/mol. The van der Waals surface area contributed by atoms with Crippen molar-refractivity contribution in [1.29, 1.82) is 0 Å². The van der Waals surface area contributed by atoms with Crippen LogP contribution in [0.4, 0.5) is 0 Å². The van der Waals surface area contributed by atoms with Crippen LogP contribution in [0, 0.1) is 5.92 Å². The summed E-state index contributed by atoms with van der Waals surface area (Å²) in [7, 11) is -3.56. The average molecular weight is 588 g/mol. The van der Waals surface area contributed by atoms with Crippen molar-refractivity contribution >= 4 is 42.7 Å². The lowest BCUT2D eigenvalue weighted by Gasteiger charge is -2.09. The Morgan fingerprint density at radius 3 is 1.31 bits per heavy atom. The SMILES string of the molecule is C[C@@H](CCCCCC(=O)CCCCCCCCCCCCCCCCC(=O)c1cc(B(O)O)cc(B(O)O)c1)C(=O)O. The first-order valence-electron chi connectivity index (χ1n) is 16.3. The van der Waals surface area contributed by atoms with Crippen molar-refractivity contribution in [3.8, 4) is 0 Å². The summed E-state index contributed by atoms with van der Waals surface area (Å²) in [6, 6.07) is 4.05. The minimum Gasteiger partial charge on any atom is -0.481 e. The zero-order valence-corrected chi connectivity index (χ0v) is 25.8. The number of hydrogen-bond donors (Lipinski definition) is 5. The van der Waals surface area contributed by atoms with Crippen LogP contribution in [0.5, 0.6) is 0 Å². The first-order valence-corrected chi connectivity index (χ1v) is 16.3. The highest BCUT2D eigenvalue weighted by molar-refractivity contribution is 6.62. The minimum atomic E-state index is -1.78. The second-order valence-corrected chi connectivity index (χ2v) is 11.9. The molecule has 5 N–H and O–H groups in total. The Balaban J connectivity index is 1.92. The van der Waals surface area contributed by atoms with E-state index in [1.54, 1.807) is 6.92 Å². The number of carbonyl (C=O) groups is 3. The smallest absolute Gasteiger partial charge is 0.481 e. The van der Waals surface area contributed by atoms with Crippen molar-refractivity contribution in [3.05, 3.63) is 23.8 Å². The van der Waals surface area contributed by atoms with Crippen molar-refractivity contribution in [3.63, 3.8) is 0 Å². The average Bonchev–Trinajstić information content (AvgIpc) is 2.96. The number of carbonyl (C=O) groups excluding carboxylic acids is 2. The number of unbranched alkanes of at least 4 members (excludes halogenated alkanes) is 15. The number of Topliss-reactive ketones (excluding diaryl/α,β-unsaturated/α-hetero) is 2. The van der Waals surface area contributed by atoms with Gasteiger partial charge in [0.25, 0.3) is 0 Å². The third-order valence-corrected chi connectivity index (χ3v) is 8.02. The van der Waals surface area contributed by atoms with Gasteiger partial charge in [0.15, 0.2) is 5.78 Å². The van der Waals surface area contributed by atoms with Gasteiger partial charge in [0, 0.05) is 24.8 Å². The van der Waals surface area contributed by atoms with E-state index in [1.807, 2.05) is 0 Å². The predicted molar refractivity (Wildman–Crippen MR) is 169 cm³/mol. The maximum Gasteiger partial charge on any atom is 0.488 e. The molecule has 0 saturated carbocycles. The first kappa shape index (κ1) is 38.0. The number of carboxylic acids is 1. The van der Waals surface area contributed by atoms with Crippen LogP contribution in [0.15, 0.2) is 18.2 Å². The summed E-state index contributed by atoms with van der Waals surface area (Å²) >= 11 is 0. The Kier molecular flexibility index (Phi) is 21.2. The number of rotatable bonds is 27. The van der Waals surface area contributed by atoms with Gasteiger partial charge in [-0.3, -0.25) is 14.4 Å². The van der Waals surface area contributed by atoms with Crippen LogP contribution in [0.1, 0.15) is 152 Å². The van der Waals surface area contributed by atoms with E-state index in [9.17, 15) is 34.5 Å². The Morgan fingerprint density at radius 1 is 0.571 bits per heavy atom. The van der Waals surface area contributed by atoms with Gasteiger partial charge in [-0.05, 0) is 36.6 Å². The highest BCUT2D eigenvalue weighted by Crippen LogP contribution is 2.16. The quantitative estimate of drug-likeness (QED) is 0.0563. The second-order valence-electron chi connectivity index (χ2n) is 11.9. The molecule has 0 aromatic heterocycles. The fraction of sp³-hybridized carbons (Fsp3) is 0.719. The molecule has 0 aliphatic heterocycles. The number of hydrogen-bond acceptors (Lipinski definition) is 7. The van der Waals surface area contributed by atoms with E-state index in [0.29, 0.717) is 31.5 Å². The van der Waals surface area contributed by atoms with Crippen LogP contribution in [-0.2, 0) is 9.59 Å². The van der Waals surface area contributed by atoms with E-state index in [-0.39, 0.29) is 28.2 Å². The molecule has 1 atom stereocenters. The maximum atomic E-state index is 12.5. The summed E-state index contributed by atoms with van der Waals surface area (Å²) in [4.78, 5) is 35.3. The zero-order valence-electron chi connectivity index (χ0n) is 25.8. The van der Waals surface area contributed by atoms with Crippen molar-refractivity contribution in [2.45, 2.75) is 142 Å². The van der Waals surface area contributed by atoms with Gasteiger partial charge in [-0.2, -0.15) is 0 Å². The van der Waals surface area contributed by atoms with Gasteiger partial charge in [0.1, 0.15) is 5.78 Å². The molecular formula is C32H54B2O8. The van der Waals surface area contributed by atoms with E-state index in [0.717, 1.165) is 57.8 Å². The Bertz CT molecular complexity index is 880. The molecule has 1 rings (SSSR count). The molecule has 1 aromatic carbocycles. The van der Waals surface area contributed by atoms with Crippen LogP contribution in [0.3, 0.4) is 0 Å². The molecule has 42 heavy (non-hydrogen) atoms. The molecule has 0 saturated heterocycles. The van der Waals surface area contributed by atoms with Gasteiger partial charge < -0.3 is 25.2 Å². The topological polar surface area (TPSA) is 152 Å². The van der Waals surface area contributed by atoms with E-state index >= 15 is 0 Å². The Labute approximate surface area is 253 Å². The number of benzene rings is 1. The minimum absolute atomic E-state index is 0.0681. The van der Waals surface area contributed by atoms with Crippen molar-refractivity contribution in [2.24, 2.45) is 5.92 Å². The summed E-state index contributed by atoms with van der Waals surface area (Å²) < 4.78 is 0. The van der Waals surface area contributed by atoms with Crippen LogP contribution >= 0.6 is 0 Å². The van der Waals surface area contributed by atoms with Crippen LogP contribution in [-0.4, -0.2) is 57.0 Å². The summed E-state index contributed by atoms with van der Waals surface area (Å²) in [5, 5.41) is 46.4. The van der Waals surface area contributed by atoms with Gasteiger partial charge in [0.05, 0.1) is 5.92 Å². The van der Waals surface area contributed by atoms with Gasteiger partial charge in [-0.15, -0.1) is 0 Å². The Morgan fingerprint density at radius 2 is 0.929 bits per heavy atom. The molecule has 1 aromatic rings. The number of carboxylic acid groups (broad SMARTS) is 1. The predicted octanol–water partition coefficient (Wildman–Crippen LogP) is 4.71. The zero-order chi connectivity index (χ0) is 31.2. The summed E-state index contributed by atoms with van der Waals surface area (Å²) in [5.74, 6) is -0.825. The number of aliphatic carboxylic acids is 1. The third-order valence-electron chi connectivity index (χ3n) is 8.02. The van der Waals surface area contributed by atoms with Crippen LogP contribution in [0.2, 0.25) is 0 Å². The molecule has 0 aliphatic carbocycles. The van der Waals surface area contributed by atoms with Gasteiger partial charge >= 0.3 is 20.2 Å². The van der Waals surface area contributed by atoms with Crippen LogP contribution in [0.25, 0.3) is 0 Å². The van der Waals surface area contributed by atoms with Gasteiger partial charge in [-0.1, -0.05) is 115 Å². The molecule has 0 bridgehead atoms. The fourth-order valence-corrected chi connectivity index (χ4v) is 5.21. The molecule has 8 nitrogen and oxygen atoms in total. The first-order chi connectivity index (χ1) is 20.1. The molecule has 0 spiro atoms. The van der Waals surface area contributed by atoms with Gasteiger partial charge in [0.2, 0.25) is 0 Å². The largest absolute Gasteiger partial charge is 0.488 e. The summed E-state index contributed by atoms with van der Waals surface area (Å²) in [6.45, 7) is 1.73. The Hall–Kier alpha value is -2.00. The van der Waals surface area contributed by atoms with E-state index < -0.39 is 20.2 Å². The van der Waals surface area contributed by atoms with Crippen molar-refractivity contribution in [2.75, 3.05) is 0 Å². The lowest BCUT2D eigenvalue weighted by atomic mass is 9.71. The van der Waals surface area contributed by atoms with Crippen LogP contribution < -0.4 is 10.9 Å². The summed E-state index contributed by atoms with van der Waals surface area (Å²) in [6.07, 6.45) is 21.0. The molecule has 0 fully saturated rings. The second kappa shape index (κ2) is 23.5. The molecule has 236 valence electrons. The molecule has 0 heterocycles. The molecule has 10 heteroatoms. The highest BCUT2D eigenvalue weighted by Gasteiger charge is 2.20. The molecule has 0 unspecified atom stereocenters. The maximum absolute atomic E-state index is 12.5. The standard InChI is InChI=1S/C32H54B2O8/c1-26(32(37)38)19-15-14-17-21-30(35)20-16-12-10-8-6-4-2-3-5-7-9-11-13-18-22-31(36)27-23-28(33(39)40)25-29(24-27)34(41)42/h23-26,39-42H,2-22H2,1H3,(H,37,38)/t26-/m0/s1. The molecule has 0 radical (unpaired) electrons. The summed E-state index contributed by atoms with van der Waals surface area (Å²) in [5.41, 5.74) is 0.403. The third kappa shape index (κ3) is 18.5. The van der Waals surface area contributed by atoms with Crippen molar-refractivity contribution < 1.29 is 39.6 Å². The van der Waals surface area contributed by atoms with E-state index in [4.69, 9.17) is 5.11 Å². The fourth-order valence-electron chi connectivity index (χ4n) is 5.21. The number of ketones is 2. The normalized spacial score (nSPS) is 11.8. The lowest BCUT2D eigenvalue weighted by molar-refractivity contribution is -0.141. The highest BCUT2D eigenvalue weighted by atomic mass is 16.4. The van der Waals surface area contributed by atoms with E-state index in [2.05, 4.69) is 0 Å². The monoisotopic (exact) mass is 588 g/mol. The molecule has 0 amide bonds. The van der Waals surface area contributed by atoms with Crippen molar-refractivity contribution in [1.82, 2.24) is 0 Å². The van der Waals surface area contributed by atoms with E-state index in [1.165, 1.54) is 69.6 Å².